The fourth-order valence-corrected chi connectivity index (χ4v) is 3.89. The summed E-state index contributed by atoms with van der Waals surface area (Å²) in [5, 5.41) is 1.08. The highest BCUT2D eigenvalue weighted by atomic mass is 19.4. The molecule has 0 spiro atoms. The lowest BCUT2D eigenvalue weighted by atomic mass is 10.0. The summed E-state index contributed by atoms with van der Waals surface area (Å²) in [4.78, 5) is 21.5. The Hall–Kier alpha value is -4.27. The van der Waals surface area contributed by atoms with Gasteiger partial charge in [0.1, 0.15) is 5.82 Å². The zero-order valence-corrected chi connectivity index (χ0v) is 17.6. The number of ether oxygens (including phenoxy) is 1. The monoisotopic (exact) mass is 465 g/mol. The van der Waals surface area contributed by atoms with E-state index in [0.29, 0.717) is 39.8 Å². The van der Waals surface area contributed by atoms with E-state index in [0.717, 1.165) is 21.8 Å². The highest BCUT2D eigenvalue weighted by molar-refractivity contribution is 6.05. The number of pyridine rings is 3. The van der Waals surface area contributed by atoms with E-state index < -0.39 is 23.1 Å². The van der Waals surface area contributed by atoms with Crippen LogP contribution >= 0.6 is 0 Å². The molecule has 0 aliphatic heterocycles. The molecule has 2 aromatic carbocycles. The highest BCUT2D eigenvalue weighted by Gasteiger charge is 2.34. The minimum Gasteiger partial charge on any atom is -0.481 e. The van der Waals surface area contributed by atoms with Gasteiger partial charge in [-0.1, -0.05) is 6.07 Å². The summed E-state index contributed by atoms with van der Waals surface area (Å²) >= 11 is 0. The SMILES string of the molecule is COc1ccc(-c2ccc3ncc4ccc(=O)n(-c5ccc(F)c(C(F)(F)F)c5)c4c3c2)cn1. The molecular formula is C25H15F4N3O2. The summed E-state index contributed by atoms with van der Waals surface area (Å²) in [5.74, 6) is -0.965. The Morgan fingerprint density at radius 3 is 2.38 bits per heavy atom. The molecule has 0 fully saturated rings. The molecule has 0 aliphatic carbocycles. The predicted molar refractivity (Wildman–Crippen MR) is 120 cm³/mol. The topological polar surface area (TPSA) is 57.0 Å². The van der Waals surface area contributed by atoms with Gasteiger partial charge in [0.05, 0.1) is 29.4 Å². The van der Waals surface area contributed by atoms with Crippen LogP contribution in [-0.2, 0) is 6.18 Å². The van der Waals surface area contributed by atoms with Gasteiger partial charge >= 0.3 is 6.18 Å². The van der Waals surface area contributed by atoms with Crippen LogP contribution in [-0.4, -0.2) is 21.6 Å². The molecule has 0 aliphatic rings. The van der Waals surface area contributed by atoms with Crippen LogP contribution in [0, 0.1) is 5.82 Å². The van der Waals surface area contributed by atoms with Crippen LogP contribution in [0.3, 0.4) is 0 Å². The van der Waals surface area contributed by atoms with Gasteiger partial charge in [0.25, 0.3) is 5.56 Å². The fraction of sp³-hybridized carbons (Fsp3) is 0.0800. The van der Waals surface area contributed by atoms with Crippen LogP contribution in [0.2, 0.25) is 0 Å². The molecule has 3 heterocycles. The van der Waals surface area contributed by atoms with Crippen LogP contribution in [0.4, 0.5) is 17.6 Å². The number of rotatable bonds is 3. The number of methoxy groups -OCH3 is 1. The summed E-state index contributed by atoms with van der Waals surface area (Å²) in [6.45, 7) is 0. The van der Waals surface area contributed by atoms with E-state index in [1.54, 1.807) is 30.5 Å². The van der Waals surface area contributed by atoms with Crippen molar-refractivity contribution in [3.05, 3.63) is 94.8 Å². The van der Waals surface area contributed by atoms with Crippen molar-refractivity contribution in [3.8, 4) is 22.7 Å². The van der Waals surface area contributed by atoms with E-state index >= 15 is 0 Å². The molecule has 0 N–H and O–H groups in total. The van der Waals surface area contributed by atoms with E-state index in [-0.39, 0.29) is 5.69 Å². The third kappa shape index (κ3) is 3.64. The average Bonchev–Trinajstić information content (AvgIpc) is 2.83. The summed E-state index contributed by atoms with van der Waals surface area (Å²) in [6.07, 6.45) is -1.75. The van der Waals surface area contributed by atoms with E-state index in [2.05, 4.69) is 9.97 Å². The zero-order chi connectivity index (χ0) is 24.0. The van der Waals surface area contributed by atoms with Crippen molar-refractivity contribution in [1.29, 1.82) is 0 Å². The molecule has 34 heavy (non-hydrogen) atoms. The molecule has 0 saturated heterocycles. The lowest BCUT2D eigenvalue weighted by molar-refractivity contribution is -0.140. The van der Waals surface area contributed by atoms with Crippen LogP contribution in [0.5, 0.6) is 5.88 Å². The minimum atomic E-state index is -4.91. The number of alkyl halides is 3. The molecular weight excluding hydrogens is 450 g/mol. The van der Waals surface area contributed by atoms with Gasteiger partial charge in [-0.15, -0.1) is 0 Å². The molecule has 5 nitrogen and oxygen atoms in total. The summed E-state index contributed by atoms with van der Waals surface area (Å²) in [7, 11) is 1.51. The van der Waals surface area contributed by atoms with Crippen molar-refractivity contribution in [1.82, 2.24) is 14.5 Å². The smallest absolute Gasteiger partial charge is 0.419 e. The van der Waals surface area contributed by atoms with Gasteiger partial charge in [-0.25, -0.2) is 9.37 Å². The van der Waals surface area contributed by atoms with Crippen molar-refractivity contribution in [2.24, 2.45) is 0 Å². The molecule has 0 atom stereocenters. The lowest BCUT2D eigenvalue weighted by Gasteiger charge is -2.15. The number of hydrogen-bond donors (Lipinski definition) is 0. The van der Waals surface area contributed by atoms with Crippen LogP contribution in [0.1, 0.15) is 5.56 Å². The molecule has 0 amide bonds. The fourth-order valence-electron chi connectivity index (χ4n) is 3.89. The molecule has 0 bridgehead atoms. The Morgan fingerprint density at radius 1 is 0.882 bits per heavy atom. The summed E-state index contributed by atoms with van der Waals surface area (Å²) in [5.41, 5.74) is 0.318. The Bertz CT molecular complexity index is 1610. The van der Waals surface area contributed by atoms with Crippen molar-refractivity contribution >= 4 is 21.8 Å². The van der Waals surface area contributed by atoms with Gasteiger partial charge in [0.2, 0.25) is 5.88 Å². The van der Waals surface area contributed by atoms with Gasteiger partial charge in [-0.2, -0.15) is 13.2 Å². The van der Waals surface area contributed by atoms with E-state index in [4.69, 9.17) is 4.74 Å². The van der Waals surface area contributed by atoms with Crippen LogP contribution < -0.4 is 10.3 Å². The number of nitrogens with zero attached hydrogens (tertiary/aromatic N) is 3. The van der Waals surface area contributed by atoms with Crippen molar-refractivity contribution in [2.75, 3.05) is 7.11 Å². The Kier molecular flexibility index (Phi) is 5.04. The third-order valence-electron chi connectivity index (χ3n) is 5.51. The first-order chi connectivity index (χ1) is 16.3. The first-order valence-corrected chi connectivity index (χ1v) is 10.1. The second-order valence-electron chi connectivity index (χ2n) is 7.55. The van der Waals surface area contributed by atoms with E-state index in [9.17, 15) is 22.4 Å². The van der Waals surface area contributed by atoms with Gasteiger partial charge in [-0.3, -0.25) is 14.3 Å². The van der Waals surface area contributed by atoms with E-state index in [1.165, 1.54) is 19.4 Å². The second kappa shape index (κ2) is 7.95. The van der Waals surface area contributed by atoms with Crippen LogP contribution in [0.15, 0.2) is 77.9 Å². The molecule has 5 rings (SSSR count). The molecule has 0 saturated carbocycles. The second-order valence-corrected chi connectivity index (χ2v) is 7.55. The van der Waals surface area contributed by atoms with Gasteiger partial charge in [0, 0.05) is 40.9 Å². The van der Waals surface area contributed by atoms with Crippen molar-refractivity contribution in [2.45, 2.75) is 6.18 Å². The maximum absolute atomic E-state index is 13.9. The van der Waals surface area contributed by atoms with Crippen molar-refractivity contribution in [3.63, 3.8) is 0 Å². The number of aromatic nitrogens is 3. The lowest BCUT2D eigenvalue weighted by Crippen LogP contribution is -2.19. The number of benzene rings is 2. The molecule has 5 aromatic rings. The summed E-state index contributed by atoms with van der Waals surface area (Å²) < 4.78 is 60.2. The molecule has 0 unspecified atom stereocenters. The van der Waals surface area contributed by atoms with Gasteiger partial charge < -0.3 is 4.74 Å². The normalized spacial score (nSPS) is 11.8. The van der Waals surface area contributed by atoms with E-state index in [1.807, 2.05) is 12.1 Å². The Balaban J connectivity index is 1.81. The zero-order valence-electron chi connectivity index (χ0n) is 17.6. The quantitative estimate of drug-likeness (QED) is 0.251. The third-order valence-corrected chi connectivity index (χ3v) is 5.51. The Morgan fingerprint density at radius 2 is 1.68 bits per heavy atom. The number of fused-ring (bicyclic) bond motifs is 3. The first-order valence-electron chi connectivity index (χ1n) is 10.1. The maximum atomic E-state index is 13.9. The standard InChI is InChI=1S/C25H15F4N3O2/c1-34-22-8-3-15(12-31-22)14-2-7-21-18(10-14)24-16(13-30-21)4-9-23(33)32(24)17-5-6-20(26)19(11-17)25(27,28)29/h2-13H,1H3. The van der Waals surface area contributed by atoms with Crippen LogP contribution in [0.25, 0.3) is 38.6 Å². The predicted octanol–water partition coefficient (Wildman–Crippen LogP) is 5.77. The number of halogens is 4. The maximum Gasteiger partial charge on any atom is 0.419 e. The largest absolute Gasteiger partial charge is 0.481 e. The minimum absolute atomic E-state index is 0.103. The molecule has 3 aromatic heterocycles. The molecule has 170 valence electrons. The summed E-state index contributed by atoms with van der Waals surface area (Å²) in [6, 6.07) is 14.2. The average molecular weight is 465 g/mol. The molecule has 0 radical (unpaired) electrons. The number of hydrogen-bond acceptors (Lipinski definition) is 4. The highest BCUT2D eigenvalue weighted by Crippen LogP contribution is 2.34. The first kappa shape index (κ1) is 21.6. The molecule has 9 heteroatoms. The van der Waals surface area contributed by atoms with Gasteiger partial charge in [-0.05, 0) is 48.0 Å². The van der Waals surface area contributed by atoms with Gasteiger partial charge in [0.15, 0.2) is 0 Å². The van der Waals surface area contributed by atoms with Crippen molar-refractivity contribution < 1.29 is 22.3 Å². The Labute approximate surface area is 189 Å².